The molecule has 0 heterocycles. The molecule has 0 spiro atoms. The van der Waals surface area contributed by atoms with Gasteiger partial charge in [0.05, 0.1) is 5.02 Å². The number of nitrogens with zero attached hydrogens (tertiary/aromatic N) is 1. The minimum absolute atomic E-state index is 0.119. The Bertz CT molecular complexity index is 1130. The summed E-state index contributed by atoms with van der Waals surface area (Å²) in [5, 5.41) is 3.27. The van der Waals surface area contributed by atoms with Crippen LogP contribution in [0.2, 0.25) is 5.02 Å². The van der Waals surface area contributed by atoms with E-state index in [1.807, 2.05) is 37.3 Å². The first-order valence-corrected chi connectivity index (χ1v) is 12.5. The van der Waals surface area contributed by atoms with Gasteiger partial charge in [0, 0.05) is 24.0 Å². The number of carbonyl (C=O) groups excluding carboxylic acids is 2. The average molecular weight is 562 g/mol. The Morgan fingerprint density at radius 1 is 1.06 bits per heavy atom. The molecule has 35 heavy (non-hydrogen) atoms. The Morgan fingerprint density at radius 2 is 1.77 bits per heavy atom. The Kier molecular flexibility index (Phi) is 10.1. The molecular formula is C27H27BrClFN2O3. The summed E-state index contributed by atoms with van der Waals surface area (Å²) >= 11 is 9.58. The highest BCUT2D eigenvalue weighted by molar-refractivity contribution is 9.10. The Morgan fingerprint density at radius 3 is 2.43 bits per heavy atom. The summed E-state index contributed by atoms with van der Waals surface area (Å²) in [6, 6.07) is 19.7. The molecule has 3 rings (SSSR count). The molecule has 0 fully saturated rings. The quantitative estimate of drug-likeness (QED) is 0.323. The van der Waals surface area contributed by atoms with Gasteiger partial charge < -0.3 is 15.0 Å². The van der Waals surface area contributed by atoms with Gasteiger partial charge in [0.15, 0.2) is 6.61 Å². The number of ether oxygens (including phenoxy) is 1. The van der Waals surface area contributed by atoms with E-state index in [0.29, 0.717) is 29.3 Å². The first-order valence-electron chi connectivity index (χ1n) is 11.3. The number of benzene rings is 3. The van der Waals surface area contributed by atoms with Crippen molar-refractivity contribution in [2.45, 2.75) is 32.4 Å². The van der Waals surface area contributed by atoms with Crippen molar-refractivity contribution in [3.63, 3.8) is 0 Å². The van der Waals surface area contributed by atoms with Crippen molar-refractivity contribution in [1.29, 1.82) is 0 Å². The summed E-state index contributed by atoms with van der Waals surface area (Å²) in [6.45, 7) is 2.26. The van der Waals surface area contributed by atoms with Gasteiger partial charge >= 0.3 is 0 Å². The molecule has 0 radical (unpaired) electrons. The minimum atomic E-state index is -0.787. The van der Waals surface area contributed by atoms with Crippen LogP contribution in [0.15, 0.2) is 77.3 Å². The first kappa shape index (κ1) is 26.7. The smallest absolute Gasteiger partial charge is 0.261 e. The number of halogens is 3. The maximum absolute atomic E-state index is 13.5. The molecule has 1 atom stereocenters. The summed E-state index contributed by atoms with van der Waals surface area (Å²) in [5.74, 6) is -0.657. The van der Waals surface area contributed by atoms with Gasteiger partial charge in [-0.1, -0.05) is 76.9 Å². The van der Waals surface area contributed by atoms with Gasteiger partial charge in [-0.3, -0.25) is 9.59 Å². The van der Waals surface area contributed by atoms with Gasteiger partial charge in [-0.25, -0.2) is 4.39 Å². The minimum Gasteiger partial charge on any atom is -0.482 e. The molecule has 0 saturated heterocycles. The summed E-state index contributed by atoms with van der Waals surface area (Å²) in [4.78, 5) is 28.2. The molecule has 3 aromatic carbocycles. The lowest BCUT2D eigenvalue weighted by Gasteiger charge is -2.31. The van der Waals surface area contributed by atoms with Gasteiger partial charge in [0.25, 0.3) is 5.91 Å². The highest BCUT2D eigenvalue weighted by atomic mass is 79.9. The zero-order chi connectivity index (χ0) is 25.2. The van der Waals surface area contributed by atoms with Crippen molar-refractivity contribution in [2.24, 2.45) is 0 Å². The van der Waals surface area contributed by atoms with E-state index in [1.165, 1.54) is 17.0 Å². The highest BCUT2D eigenvalue weighted by Crippen LogP contribution is 2.28. The predicted molar refractivity (Wildman–Crippen MR) is 139 cm³/mol. The van der Waals surface area contributed by atoms with Crippen molar-refractivity contribution < 1.29 is 18.7 Å². The lowest BCUT2D eigenvalue weighted by atomic mass is 10.0. The third kappa shape index (κ3) is 8.08. The second kappa shape index (κ2) is 13.3. The number of carbonyl (C=O) groups is 2. The zero-order valence-electron chi connectivity index (χ0n) is 19.3. The largest absolute Gasteiger partial charge is 0.482 e. The van der Waals surface area contributed by atoms with Crippen molar-refractivity contribution in [3.05, 3.63) is 99.2 Å². The molecule has 3 aromatic rings. The molecular weight excluding hydrogens is 535 g/mol. The fourth-order valence-corrected chi connectivity index (χ4v) is 4.25. The van der Waals surface area contributed by atoms with E-state index in [2.05, 4.69) is 21.2 Å². The number of hydrogen-bond donors (Lipinski definition) is 1. The van der Waals surface area contributed by atoms with Gasteiger partial charge in [0.1, 0.15) is 17.6 Å². The van der Waals surface area contributed by atoms with Crippen LogP contribution in [-0.4, -0.2) is 35.9 Å². The van der Waals surface area contributed by atoms with Crippen LogP contribution in [0.5, 0.6) is 5.75 Å². The second-order valence-corrected chi connectivity index (χ2v) is 9.33. The summed E-state index contributed by atoms with van der Waals surface area (Å²) < 4.78 is 20.0. The van der Waals surface area contributed by atoms with E-state index in [4.69, 9.17) is 16.3 Å². The third-order valence-electron chi connectivity index (χ3n) is 5.33. The molecule has 0 aliphatic carbocycles. The summed E-state index contributed by atoms with van der Waals surface area (Å²) in [7, 11) is 0. The Balaban J connectivity index is 1.89. The molecule has 0 aliphatic heterocycles. The third-order valence-corrected chi connectivity index (χ3v) is 6.12. The van der Waals surface area contributed by atoms with Crippen LogP contribution in [-0.2, 0) is 22.6 Å². The van der Waals surface area contributed by atoms with Crippen LogP contribution in [0.1, 0.15) is 24.5 Å². The Hall–Kier alpha value is -2.90. The molecule has 0 unspecified atom stereocenters. The van der Waals surface area contributed by atoms with Crippen LogP contribution in [0.25, 0.3) is 0 Å². The van der Waals surface area contributed by atoms with Crippen molar-refractivity contribution in [2.75, 3.05) is 13.2 Å². The van der Waals surface area contributed by atoms with Crippen molar-refractivity contribution >= 4 is 39.3 Å². The van der Waals surface area contributed by atoms with Gasteiger partial charge in [0.2, 0.25) is 5.91 Å². The van der Waals surface area contributed by atoms with Crippen LogP contribution in [0.3, 0.4) is 0 Å². The summed E-state index contributed by atoms with van der Waals surface area (Å²) in [5.41, 5.74) is 1.61. The van der Waals surface area contributed by atoms with Gasteiger partial charge in [-0.2, -0.15) is 0 Å². The molecule has 0 bridgehead atoms. The van der Waals surface area contributed by atoms with E-state index in [0.717, 1.165) is 16.5 Å². The second-order valence-electron chi connectivity index (χ2n) is 8.01. The zero-order valence-corrected chi connectivity index (χ0v) is 21.7. The van der Waals surface area contributed by atoms with E-state index in [9.17, 15) is 14.0 Å². The molecule has 184 valence electrons. The SMILES string of the molecule is CCCNC(=O)[C@H](Cc1ccccc1)N(Cc1ccc(F)cc1)C(=O)COc1ccc(Br)cc1Cl. The van der Waals surface area contributed by atoms with Crippen LogP contribution < -0.4 is 10.1 Å². The molecule has 8 heteroatoms. The molecule has 1 N–H and O–H groups in total. The lowest BCUT2D eigenvalue weighted by Crippen LogP contribution is -2.51. The van der Waals surface area contributed by atoms with Crippen molar-refractivity contribution in [3.8, 4) is 5.75 Å². The fourth-order valence-electron chi connectivity index (χ4n) is 3.52. The van der Waals surface area contributed by atoms with Gasteiger partial charge in [-0.15, -0.1) is 0 Å². The molecule has 5 nitrogen and oxygen atoms in total. The van der Waals surface area contributed by atoms with Crippen LogP contribution in [0, 0.1) is 5.82 Å². The highest BCUT2D eigenvalue weighted by Gasteiger charge is 2.30. The van der Waals surface area contributed by atoms with Crippen LogP contribution >= 0.6 is 27.5 Å². The van der Waals surface area contributed by atoms with Crippen molar-refractivity contribution in [1.82, 2.24) is 10.2 Å². The number of amides is 2. The summed E-state index contributed by atoms with van der Waals surface area (Å²) in [6.07, 6.45) is 1.09. The Labute approximate surface area is 218 Å². The lowest BCUT2D eigenvalue weighted by molar-refractivity contribution is -0.142. The normalized spacial score (nSPS) is 11.5. The maximum atomic E-state index is 13.5. The van der Waals surface area contributed by atoms with Gasteiger partial charge in [-0.05, 0) is 47.9 Å². The molecule has 2 amide bonds. The topological polar surface area (TPSA) is 58.6 Å². The van der Waals surface area contributed by atoms with E-state index >= 15 is 0 Å². The number of hydrogen-bond acceptors (Lipinski definition) is 3. The fraction of sp³-hybridized carbons (Fsp3) is 0.259. The van der Waals surface area contributed by atoms with E-state index < -0.39 is 6.04 Å². The number of nitrogens with one attached hydrogen (secondary N) is 1. The monoisotopic (exact) mass is 560 g/mol. The maximum Gasteiger partial charge on any atom is 0.261 e. The number of rotatable bonds is 11. The van der Waals surface area contributed by atoms with E-state index in [-0.39, 0.29) is 30.8 Å². The average Bonchev–Trinajstić information content (AvgIpc) is 2.85. The van der Waals surface area contributed by atoms with E-state index in [1.54, 1.807) is 30.3 Å². The predicted octanol–water partition coefficient (Wildman–Crippen LogP) is 5.79. The molecule has 0 aliphatic rings. The molecule has 0 saturated carbocycles. The molecule has 0 aromatic heterocycles. The first-order chi connectivity index (χ1) is 16.9. The van der Waals surface area contributed by atoms with Crippen LogP contribution in [0.4, 0.5) is 4.39 Å². The standard InChI is InChI=1S/C27H27BrClFN2O3/c1-2-14-31-27(34)24(15-19-6-4-3-5-7-19)32(17-20-8-11-22(30)12-9-20)26(33)18-35-25-13-10-21(28)16-23(25)29/h3-13,16,24H,2,14-15,17-18H2,1H3,(H,31,34)/t24-/m0/s1.